The van der Waals surface area contributed by atoms with Gasteiger partial charge in [0.05, 0.1) is 0 Å². The maximum atomic E-state index is 11.9. The third kappa shape index (κ3) is 3.18. The number of thioether (sulfide) groups is 1. The Morgan fingerprint density at radius 3 is 2.67 bits per heavy atom. The Morgan fingerprint density at radius 2 is 2.05 bits per heavy atom. The second-order valence-electron chi connectivity index (χ2n) is 4.62. The number of nitrogens with one attached hydrogen (secondary N) is 1. The Balaban J connectivity index is 1.88. The maximum Gasteiger partial charge on any atom is 0.352 e. The van der Waals surface area contributed by atoms with E-state index in [9.17, 15) is 19.2 Å². The molecule has 0 saturated carbocycles. The highest BCUT2D eigenvalue weighted by Gasteiger charge is 2.52. The van der Waals surface area contributed by atoms with Crippen molar-refractivity contribution in [3.8, 4) is 0 Å². The van der Waals surface area contributed by atoms with Crippen LogP contribution in [0.2, 0.25) is 0 Å². The zero-order chi connectivity index (χ0) is 15.6. The van der Waals surface area contributed by atoms with Crippen molar-refractivity contribution in [3.63, 3.8) is 0 Å². The van der Waals surface area contributed by atoms with Crippen LogP contribution < -0.4 is 5.32 Å². The number of fused-ring (bicyclic) bond motifs is 1. The number of aliphatic carboxylic acids is 2. The number of nitrogens with zero attached hydrogens (tertiary/aromatic N) is 1. The molecule has 0 aromatic rings. The van der Waals surface area contributed by atoms with Gasteiger partial charge in [-0.3, -0.25) is 19.3 Å². The SMILES string of the molecule is O=C(O)CCCC(=O)NC1C(=O)N2C(C(=O)O)=CCS[C@H]12. The number of hydrogen-bond donors (Lipinski definition) is 3. The molecule has 0 radical (unpaired) electrons. The van der Waals surface area contributed by atoms with Crippen molar-refractivity contribution >= 4 is 35.5 Å². The van der Waals surface area contributed by atoms with Gasteiger partial charge in [0.2, 0.25) is 5.91 Å². The van der Waals surface area contributed by atoms with Gasteiger partial charge >= 0.3 is 11.9 Å². The molecule has 0 bridgehead atoms. The van der Waals surface area contributed by atoms with Crippen LogP contribution in [0.5, 0.6) is 0 Å². The molecule has 2 heterocycles. The van der Waals surface area contributed by atoms with Crippen molar-refractivity contribution < 1.29 is 29.4 Å². The molecule has 0 spiro atoms. The van der Waals surface area contributed by atoms with E-state index in [0.717, 1.165) is 0 Å². The van der Waals surface area contributed by atoms with Crippen LogP contribution in [0.15, 0.2) is 11.8 Å². The second kappa shape index (κ2) is 6.17. The first-order valence-corrected chi connectivity index (χ1v) is 7.36. The van der Waals surface area contributed by atoms with Crippen LogP contribution in [-0.2, 0) is 19.2 Å². The van der Waals surface area contributed by atoms with Crippen molar-refractivity contribution in [1.29, 1.82) is 0 Å². The molecule has 1 unspecified atom stereocenters. The quantitative estimate of drug-likeness (QED) is 0.570. The summed E-state index contributed by atoms with van der Waals surface area (Å²) < 4.78 is 0. The first-order valence-electron chi connectivity index (χ1n) is 6.31. The number of hydrogen-bond acceptors (Lipinski definition) is 5. The fourth-order valence-corrected chi connectivity index (χ4v) is 3.38. The zero-order valence-corrected chi connectivity index (χ0v) is 11.8. The van der Waals surface area contributed by atoms with Gasteiger partial charge in [0, 0.05) is 18.6 Å². The lowest BCUT2D eigenvalue weighted by molar-refractivity contribution is -0.150. The Labute approximate surface area is 124 Å². The molecule has 2 atom stereocenters. The van der Waals surface area contributed by atoms with Crippen molar-refractivity contribution in [3.05, 3.63) is 11.8 Å². The van der Waals surface area contributed by atoms with Crippen LogP contribution in [0.25, 0.3) is 0 Å². The molecule has 2 aliphatic rings. The number of rotatable bonds is 6. The van der Waals surface area contributed by atoms with Crippen LogP contribution in [0.3, 0.4) is 0 Å². The first-order chi connectivity index (χ1) is 9.91. The molecule has 21 heavy (non-hydrogen) atoms. The van der Waals surface area contributed by atoms with Crippen LogP contribution in [0.4, 0.5) is 0 Å². The Morgan fingerprint density at radius 1 is 1.33 bits per heavy atom. The fourth-order valence-electron chi connectivity index (χ4n) is 2.18. The van der Waals surface area contributed by atoms with Crippen molar-refractivity contribution in [2.24, 2.45) is 0 Å². The lowest BCUT2D eigenvalue weighted by Crippen LogP contribution is -2.70. The van der Waals surface area contributed by atoms with Crippen molar-refractivity contribution in [2.45, 2.75) is 30.7 Å². The summed E-state index contributed by atoms with van der Waals surface area (Å²) in [6.07, 6.45) is 1.58. The average molecular weight is 314 g/mol. The van der Waals surface area contributed by atoms with Gasteiger partial charge in [-0.1, -0.05) is 0 Å². The van der Waals surface area contributed by atoms with Gasteiger partial charge in [-0.05, 0) is 12.5 Å². The van der Waals surface area contributed by atoms with Gasteiger partial charge < -0.3 is 15.5 Å². The highest BCUT2D eigenvalue weighted by molar-refractivity contribution is 8.00. The minimum Gasteiger partial charge on any atom is -0.481 e. The molecule has 0 aliphatic carbocycles. The van der Waals surface area contributed by atoms with E-state index in [2.05, 4.69) is 5.32 Å². The highest BCUT2D eigenvalue weighted by atomic mass is 32.2. The van der Waals surface area contributed by atoms with Gasteiger partial charge in [0.15, 0.2) is 0 Å². The molecule has 2 amide bonds. The van der Waals surface area contributed by atoms with E-state index in [1.807, 2.05) is 0 Å². The Bertz CT molecular complexity index is 532. The summed E-state index contributed by atoms with van der Waals surface area (Å²) in [5, 5.41) is 19.6. The molecule has 2 aliphatic heterocycles. The molecule has 0 aromatic carbocycles. The van der Waals surface area contributed by atoms with Gasteiger partial charge in [0.1, 0.15) is 17.1 Å². The average Bonchev–Trinajstić information content (AvgIpc) is 2.43. The smallest absolute Gasteiger partial charge is 0.352 e. The third-order valence-corrected chi connectivity index (χ3v) is 4.36. The summed E-state index contributed by atoms with van der Waals surface area (Å²) in [5.41, 5.74) is -0.0554. The highest BCUT2D eigenvalue weighted by Crippen LogP contribution is 2.37. The van der Waals surface area contributed by atoms with Crippen LogP contribution in [-0.4, -0.2) is 56.0 Å². The van der Waals surface area contributed by atoms with Gasteiger partial charge in [-0.25, -0.2) is 4.79 Å². The second-order valence-corrected chi connectivity index (χ2v) is 5.77. The number of carboxylic acid groups (broad SMARTS) is 2. The normalized spacial score (nSPS) is 23.7. The number of carboxylic acids is 2. The van der Waals surface area contributed by atoms with Gasteiger partial charge in [-0.15, -0.1) is 11.8 Å². The lowest BCUT2D eigenvalue weighted by Gasteiger charge is -2.48. The van der Waals surface area contributed by atoms with E-state index in [1.165, 1.54) is 22.7 Å². The van der Waals surface area contributed by atoms with Gasteiger partial charge in [-0.2, -0.15) is 0 Å². The predicted molar refractivity (Wildman–Crippen MR) is 72.2 cm³/mol. The zero-order valence-electron chi connectivity index (χ0n) is 10.9. The molecule has 3 N–H and O–H groups in total. The number of carbonyl (C=O) groups is 4. The molecule has 114 valence electrons. The molecule has 2 rings (SSSR count). The molecule has 1 saturated heterocycles. The molecular formula is C12H14N2O6S. The summed E-state index contributed by atoms with van der Waals surface area (Å²) in [4.78, 5) is 46.1. The summed E-state index contributed by atoms with van der Waals surface area (Å²) in [7, 11) is 0. The summed E-state index contributed by atoms with van der Waals surface area (Å²) in [6.45, 7) is 0. The maximum absolute atomic E-state index is 11.9. The summed E-state index contributed by atoms with van der Waals surface area (Å²) >= 11 is 1.37. The third-order valence-electron chi connectivity index (χ3n) is 3.18. The first kappa shape index (κ1) is 15.4. The van der Waals surface area contributed by atoms with Crippen LogP contribution >= 0.6 is 11.8 Å². The van der Waals surface area contributed by atoms with E-state index in [4.69, 9.17) is 10.2 Å². The molecule has 8 nitrogen and oxygen atoms in total. The minimum atomic E-state index is -1.17. The topological polar surface area (TPSA) is 124 Å². The van der Waals surface area contributed by atoms with E-state index in [1.54, 1.807) is 0 Å². The number of carbonyl (C=O) groups excluding carboxylic acids is 2. The molecular weight excluding hydrogens is 300 g/mol. The molecule has 1 fully saturated rings. The van der Waals surface area contributed by atoms with Crippen LogP contribution in [0.1, 0.15) is 19.3 Å². The predicted octanol–water partition coefficient (Wildman–Crippen LogP) is -0.390. The van der Waals surface area contributed by atoms with Crippen molar-refractivity contribution in [1.82, 2.24) is 10.2 Å². The standard InChI is InChI=1S/C12H14N2O6S/c15-7(2-1-3-8(16)17)13-9-10(18)14-6(12(19)20)4-5-21-11(9)14/h4,9,11H,1-3,5H2,(H,13,15)(H,16,17)(H,19,20)/t9?,11-/m1/s1. The van der Waals surface area contributed by atoms with E-state index < -0.39 is 35.2 Å². The van der Waals surface area contributed by atoms with Gasteiger partial charge in [0.25, 0.3) is 5.91 Å². The summed E-state index contributed by atoms with van der Waals surface area (Å²) in [5.74, 6) is -2.54. The molecule has 9 heteroatoms. The largest absolute Gasteiger partial charge is 0.481 e. The fraction of sp³-hybridized carbons (Fsp3) is 0.500. The van der Waals surface area contributed by atoms with E-state index in [0.29, 0.717) is 5.75 Å². The van der Waals surface area contributed by atoms with E-state index in [-0.39, 0.29) is 25.0 Å². The minimum absolute atomic E-state index is 0.0229. The Kier molecular flexibility index (Phi) is 4.51. The molecule has 0 aromatic heterocycles. The summed E-state index contributed by atoms with van der Waals surface area (Å²) in [6, 6.07) is -0.740. The lowest BCUT2D eigenvalue weighted by atomic mass is 10.0. The number of amides is 2. The van der Waals surface area contributed by atoms with Crippen molar-refractivity contribution in [2.75, 3.05) is 5.75 Å². The Hall–Kier alpha value is -2.03. The number of β-lactam (4-membered cyclic amide) rings is 1. The van der Waals surface area contributed by atoms with Crippen LogP contribution in [0, 0.1) is 0 Å². The monoisotopic (exact) mass is 314 g/mol. The van der Waals surface area contributed by atoms with E-state index >= 15 is 0 Å².